The number of amides is 2. The number of carbonyl (C=O) groups is 3. The van der Waals surface area contributed by atoms with Crippen LogP contribution in [-0.4, -0.2) is 54.3 Å². The number of alkyl carbamates (subject to hydrolysis) is 1. The highest BCUT2D eigenvalue weighted by atomic mass is 32.2. The lowest BCUT2D eigenvalue weighted by molar-refractivity contribution is -0.134. The molecule has 0 aromatic heterocycles. The van der Waals surface area contributed by atoms with E-state index >= 15 is 0 Å². The van der Waals surface area contributed by atoms with E-state index in [1.54, 1.807) is 0 Å². The molecule has 182 valence electrons. The Hall–Kier alpha value is -3.00. The second kappa shape index (κ2) is 11.9. The molecule has 7 nitrogen and oxygen atoms in total. The van der Waals surface area contributed by atoms with Crippen molar-refractivity contribution in [2.45, 2.75) is 32.6 Å². The molecule has 8 heteroatoms. The predicted octanol–water partition coefficient (Wildman–Crippen LogP) is 4.27. The Bertz CT molecular complexity index is 976. The zero-order valence-corrected chi connectivity index (χ0v) is 20.5. The van der Waals surface area contributed by atoms with Crippen molar-refractivity contribution in [3.8, 4) is 11.1 Å². The third-order valence-electron chi connectivity index (χ3n) is 6.51. The van der Waals surface area contributed by atoms with Crippen LogP contribution in [0.15, 0.2) is 48.5 Å². The summed E-state index contributed by atoms with van der Waals surface area (Å²) in [7, 11) is 0. The third-order valence-corrected chi connectivity index (χ3v) is 7.45. The van der Waals surface area contributed by atoms with Crippen molar-refractivity contribution in [1.82, 2.24) is 10.6 Å². The Morgan fingerprint density at radius 1 is 0.971 bits per heavy atom. The molecular formula is C26H32N2O5S. The minimum atomic E-state index is -0.875. The molecule has 2 aromatic rings. The first-order chi connectivity index (χ1) is 16.4. The number of hydrogen-bond acceptors (Lipinski definition) is 5. The summed E-state index contributed by atoms with van der Waals surface area (Å²) in [4.78, 5) is 36.0. The van der Waals surface area contributed by atoms with Crippen LogP contribution in [0, 0.1) is 5.41 Å². The molecule has 0 unspecified atom stereocenters. The number of rotatable bonds is 12. The predicted molar refractivity (Wildman–Crippen MR) is 134 cm³/mol. The first-order valence-corrected chi connectivity index (χ1v) is 12.7. The lowest BCUT2D eigenvalue weighted by Gasteiger charge is -2.30. The number of nitrogens with one attached hydrogen (secondary N) is 2. The van der Waals surface area contributed by atoms with Gasteiger partial charge in [-0.25, -0.2) is 4.79 Å². The number of ether oxygens (including phenoxy) is 1. The summed E-state index contributed by atoms with van der Waals surface area (Å²) in [5, 5.41) is 14.4. The van der Waals surface area contributed by atoms with Crippen molar-refractivity contribution >= 4 is 29.7 Å². The topological polar surface area (TPSA) is 105 Å². The molecule has 0 heterocycles. The van der Waals surface area contributed by atoms with Crippen molar-refractivity contribution in [2.24, 2.45) is 5.41 Å². The van der Waals surface area contributed by atoms with Crippen molar-refractivity contribution in [3.05, 3.63) is 59.7 Å². The van der Waals surface area contributed by atoms with Gasteiger partial charge in [0.1, 0.15) is 6.61 Å². The first kappa shape index (κ1) is 25.6. The van der Waals surface area contributed by atoms with Crippen molar-refractivity contribution in [2.75, 3.05) is 31.2 Å². The molecule has 0 spiro atoms. The van der Waals surface area contributed by atoms with Crippen molar-refractivity contribution < 1.29 is 24.2 Å². The minimum absolute atomic E-state index is 0.00586. The van der Waals surface area contributed by atoms with E-state index in [1.807, 2.05) is 38.1 Å². The summed E-state index contributed by atoms with van der Waals surface area (Å²) in [6.45, 7) is 4.61. The Morgan fingerprint density at radius 2 is 1.56 bits per heavy atom. The number of benzene rings is 2. The Labute approximate surface area is 204 Å². The van der Waals surface area contributed by atoms with E-state index in [9.17, 15) is 14.4 Å². The van der Waals surface area contributed by atoms with Crippen LogP contribution in [0.5, 0.6) is 0 Å². The number of carboxylic acid groups (broad SMARTS) is 1. The molecule has 1 aliphatic carbocycles. The summed E-state index contributed by atoms with van der Waals surface area (Å²) in [6.07, 6.45) is 0.570. The molecule has 34 heavy (non-hydrogen) atoms. The van der Waals surface area contributed by atoms with Crippen LogP contribution in [0.3, 0.4) is 0 Å². The molecule has 2 aromatic carbocycles. The molecule has 0 radical (unpaired) electrons. The van der Waals surface area contributed by atoms with Gasteiger partial charge in [-0.3, -0.25) is 9.59 Å². The molecule has 0 saturated carbocycles. The molecular weight excluding hydrogens is 452 g/mol. The lowest BCUT2D eigenvalue weighted by Crippen LogP contribution is -2.48. The maximum atomic E-state index is 12.8. The van der Waals surface area contributed by atoms with Gasteiger partial charge in [-0.15, -0.1) is 11.8 Å². The van der Waals surface area contributed by atoms with Crippen LogP contribution in [0.25, 0.3) is 11.1 Å². The standard InChI is InChI=1S/C26H32N2O5S/c1-3-26(4-2,24(31)27-13-14-34-16-23(29)30)17-28-25(32)33-15-22-20-11-7-5-9-18(20)19-10-6-8-12-21(19)22/h5-12,22H,3-4,13-17H2,1-2H3,(H,27,31)(H,28,32)(H,29,30). The van der Waals surface area contributed by atoms with Gasteiger partial charge in [-0.05, 0) is 35.1 Å². The molecule has 0 saturated heterocycles. The van der Waals surface area contributed by atoms with Gasteiger partial charge >= 0.3 is 12.1 Å². The van der Waals surface area contributed by atoms with E-state index in [-0.39, 0.29) is 30.7 Å². The molecule has 2 amide bonds. The molecule has 3 N–H and O–H groups in total. The van der Waals surface area contributed by atoms with Crippen molar-refractivity contribution in [1.29, 1.82) is 0 Å². The van der Waals surface area contributed by atoms with E-state index in [4.69, 9.17) is 9.84 Å². The van der Waals surface area contributed by atoms with Gasteiger partial charge in [-0.2, -0.15) is 0 Å². The van der Waals surface area contributed by atoms with E-state index in [2.05, 4.69) is 34.9 Å². The largest absolute Gasteiger partial charge is 0.481 e. The summed E-state index contributed by atoms with van der Waals surface area (Å²) in [5.74, 6) is -0.521. The van der Waals surface area contributed by atoms with Gasteiger partial charge in [0.05, 0.1) is 11.2 Å². The summed E-state index contributed by atoms with van der Waals surface area (Å²) < 4.78 is 5.60. The highest BCUT2D eigenvalue weighted by molar-refractivity contribution is 7.99. The van der Waals surface area contributed by atoms with Gasteiger partial charge in [0.25, 0.3) is 0 Å². The highest BCUT2D eigenvalue weighted by Crippen LogP contribution is 2.44. The maximum Gasteiger partial charge on any atom is 0.407 e. The molecule has 0 atom stereocenters. The number of aliphatic carboxylic acids is 1. The highest BCUT2D eigenvalue weighted by Gasteiger charge is 2.35. The quantitative estimate of drug-likeness (QED) is 0.389. The Morgan fingerprint density at radius 3 is 2.12 bits per heavy atom. The lowest BCUT2D eigenvalue weighted by atomic mass is 9.81. The first-order valence-electron chi connectivity index (χ1n) is 11.6. The smallest absolute Gasteiger partial charge is 0.407 e. The fourth-order valence-corrected chi connectivity index (χ4v) is 4.94. The summed E-state index contributed by atoms with van der Waals surface area (Å²) in [6, 6.07) is 16.3. The number of carbonyl (C=O) groups excluding carboxylic acids is 2. The van der Waals surface area contributed by atoms with E-state index in [1.165, 1.54) is 22.9 Å². The van der Waals surface area contributed by atoms with Crippen LogP contribution < -0.4 is 10.6 Å². The van der Waals surface area contributed by atoms with Gasteiger partial charge in [-0.1, -0.05) is 62.4 Å². The maximum absolute atomic E-state index is 12.8. The van der Waals surface area contributed by atoms with Gasteiger partial charge in [0, 0.05) is 24.8 Å². The fourth-order valence-electron chi connectivity index (χ4n) is 4.38. The van der Waals surface area contributed by atoms with Gasteiger partial charge in [0.15, 0.2) is 0 Å². The van der Waals surface area contributed by atoms with Crippen molar-refractivity contribution in [3.63, 3.8) is 0 Å². The molecule has 0 aliphatic heterocycles. The van der Waals surface area contributed by atoms with Crippen LogP contribution in [-0.2, 0) is 14.3 Å². The molecule has 3 rings (SSSR count). The normalized spacial score (nSPS) is 12.5. The second-order valence-electron chi connectivity index (χ2n) is 8.37. The van der Waals surface area contributed by atoms with Crippen LogP contribution in [0.4, 0.5) is 4.79 Å². The SMILES string of the molecule is CCC(CC)(CNC(=O)OCC1c2ccccc2-c2ccccc21)C(=O)NCCSCC(=O)O. The van der Waals surface area contributed by atoms with E-state index < -0.39 is 17.5 Å². The minimum Gasteiger partial charge on any atom is -0.481 e. The van der Waals surface area contributed by atoms with Crippen LogP contribution in [0.2, 0.25) is 0 Å². The Balaban J connectivity index is 1.54. The Kier molecular flexibility index (Phi) is 8.98. The zero-order valence-electron chi connectivity index (χ0n) is 19.6. The molecule has 1 aliphatic rings. The zero-order chi connectivity index (χ0) is 24.6. The number of carboxylic acids is 1. The second-order valence-corrected chi connectivity index (χ2v) is 9.47. The monoisotopic (exact) mass is 484 g/mol. The molecule has 0 fully saturated rings. The average Bonchev–Trinajstić information content (AvgIpc) is 3.17. The van der Waals surface area contributed by atoms with E-state index in [0.29, 0.717) is 25.1 Å². The number of hydrogen-bond donors (Lipinski definition) is 3. The molecule has 0 bridgehead atoms. The van der Waals surface area contributed by atoms with Crippen LogP contribution in [0.1, 0.15) is 43.7 Å². The van der Waals surface area contributed by atoms with Gasteiger partial charge < -0.3 is 20.5 Å². The summed E-state index contributed by atoms with van der Waals surface area (Å²) >= 11 is 1.25. The van der Waals surface area contributed by atoms with Gasteiger partial charge in [0.2, 0.25) is 5.91 Å². The number of fused-ring (bicyclic) bond motifs is 3. The number of thioether (sulfide) groups is 1. The summed E-state index contributed by atoms with van der Waals surface area (Å²) in [5.41, 5.74) is 3.88. The average molecular weight is 485 g/mol. The fraction of sp³-hybridized carbons (Fsp3) is 0.423. The van der Waals surface area contributed by atoms with E-state index in [0.717, 1.165) is 11.1 Å². The third kappa shape index (κ3) is 5.91. The van der Waals surface area contributed by atoms with Crippen LogP contribution >= 0.6 is 11.8 Å².